The number of hydrogen-bond acceptors (Lipinski definition) is 7. The fourth-order valence-corrected chi connectivity index (χ4v) is 6.53. The molecule has 4 rings (SSSR count). The van der Waals surface area contributed by atoms with Crippen molar-refractivity contribution in [2.24, 2.45) is 0 Å². The number of thiazole rings is 1. The molecule has 2 aromatic carbocycles. The molecule has 0 spiro atoms. The number of aryl methyl sites for hydroxylation is 1. The summed E-state index contributed by atoms with van der Waals surface area (Å²) in [5, 5.41) is 0.646. The molecule has 1 aromatic heterocycles. The average molecular weight is 531 g/mol. The van der Waals surface area contributed by atoms with Crippen molar-refractivity contribution in [2.75, 3.05) is 52.3 Å². The Bertz CT molecular complexity index is 1300. The second-order valence-electron chi connectivity index (χ2n) is 9.53. The smallest absolute Gasteiger partial charge is 0.260 e. The number of carbonyl (C=O) groups excluding carboxylic acids is 1. The van der Waals surface area contributed by atoms with E-state index in [-0.39, 0.29) is 16.9 Å². The lowest BCUT2D eigenvalue weighted by Gasteiger charge is -2.22. The predicted octanol–water partition coefficient (Wildman–Crippen LogP) is 4.00. The Balaban J connectivity index is 1.55. The molecule has 0 saturated carbocycles. The number of ether oxygens (including phenoxy) is 1. The molecule has 10 heteroatoms. The molecule has 1 atom stereocenters. The normalized spacial score (nSPS) is 16.3. The van der Waals surface area contributed by atoms with Crippen molar-refractivity contribution >= 4 is 42.6 Å². The Morgan fingerprint density at radius 2 is 1.86 bits per heavy atom. The van der Waals surface area contributed by atoms with E-state index in [2.05, 4.69) is 11.0 Å². The van der Waals surface area contributed by atoms with Crippen molar-refractivity contribution in [2.45, 2.75) is 37.2 Å². The monoisotopic (exact) mass is 530 g/mol. The van der Waals surface area contributed by atoms with Gasteiger partial charge in [0, 0.05) is 32.3 Å². The highest BCUT2D eigenvalue weighted by molar-refractivity contribution is 7.89. The zero-order valence-corrected chi connectivity index (χ0v) is 22.9. The van der Waals surface area contributed by atoms with Crippen LogP contribution in [0.15, 0.2) is 47.4 Å². The number of rotatable bonds is 10. The van der Waals surface area contributed by atoms with Gasteiger partial charge in [0.2, 0.25) is 10.0 Å². The highest BCUT2D eigenvalue weighted by atomic mass is 32.2. The maximum absolute atomic E-state index is 13.6. The fraction of sp³-hybridized carbons (Fsp3) is 0.462. The van der Waals surface area contributed by atoms with E-state index in [4.69, 9.17) is 9.72 Å². The van der Waals surface area contributed by atoms with Crippen LogP contribution in [-0.2, 0) is 14.8 Å². The van der Waals surface area contributed by atoms with E-state index in [1.165, 1.54) is 27.8 Å². The van der Waals surface area contributed by atoms with E-state index >= 15 is 0 Å². The highest BCUT2D eigenvalue weighted by Gasteiger charge is 2.27. The van der Waals surface area contributed by atoms with Gasteiger partial charge in [-0.3, -0.25) is 9.69 Å². The van der Waals surface area contributed by atoms with Crippen LogP contribution >= 0.6 is 11.3 Å². The molecule has 0 N–H and O–H groups in total. The third-order valence-electron chi connectivity index (χ3n) is 6.29. The predicted molar refractivity (Wildman–Crippen MR) is 144 cm³/mol. The number of anilines is 1. The molecule has 1 fully saturated rings. The van der Waals surface area contributed by atoms with Crippen LogP contribution < -0.4 is 4.90 Å². The minimum Gasteiger partial charge on any atom is -0.377 e. The maximum Gasteiger partial charge on any atom is 0.260 e. The maximum atomic E-state index is 13.6. The number of carbonyl (C=O) groups is 1. The van der Waals surface area contributed by atoms with Gasteiger partial charge in [-0.25, -0.2) is 13.4 Å². The minimum absolute atomic E-state index is 0.0704. The molecule has 36 heavy (non-hydrogen) atoms. The number of nitrogens with zero attached hydrogens (tertiary/aromatic N) is 4. The topological polar surface area (TPSA) is 83.1 Å². The average Bonchev–Trinajstić information content (AvgIpc) is 3.50. The summed E-state index contributed by atoms with van der Waals surface area (Å²) in [6.45, 7) is 4.38. The van der Waals surface area contributed by atoms with E-state index in [0.717, 1.165) is 41.6 Å². The van der Waals surface area contributed by atoms with E-state index in [1.54, 1.807) is 24.1 Å². The number of aromatic nitrogens is 1. The molecular weight excluding hydrogens is 496 g/mol. The van der Waals surface area contributed by atoms with Gasteiger partial charge in [0.25, 0.3) is 5.91 Å². The molecule has 8 nitrogen and oxygen atoms in total. The lowest BCUT2D eigenvalue weighted by atomic mass is 10.2. The highest BCUT2D eigenvalue weighted by Crippen LogP contribution is 2.31. The van der Waals surface area contributed by atoms with Gasteiger partial charge >= 0.3 is 0 Å². The number of hydrogen-bond donors (Lipinski definition) is 0. The van der Waals surface area contributed by atoms with Crippen LogP contribution in [0.3, 0.4) is 0 Å². The molecule has 1 amide bonds. The zero-order chi connectivity index (χ0) is 25.9. The fourth-order valence-electron chi connectivity index (χ4n) is 4.24. The molecule has 1 aliphatic heterocycles. The Morgan fingerprint density at radius 3 is 2.53 bits per heavy atom. The van der Waals surface area contributed by atoms with Gasteiger partial charge in [-0.15, -0.1) is 0 Å². The minimum atomic E-state index is -3.67. The number of fused-ring (bicyclic) bond motifs is 1. The van der Waals surface area contributed by atoms with Crippen LogP contribution in [0.5, 0.6) is 0 Å². The van der Waals surface area contributed by atoms with Gasteiger partial charge in [-0.05, 0) is 88.8 Å². The van der Waals surface area contributed by atoms with Gasteiger partial charge in [0.05, 0.1) is 21.2 Å². The number of benzene rings is 2. The summed E-state index contributed by atoms with van der Waals surface area (Å²) in [7, 11) is 1.90. The molecule has 1 unspecified atom stereocenters. The van der Waals surface area contributed by atoms with Crippen molar-refractivity contribution in [1.82, 2.24) is 14.2 Å². The largest absolute Gasteiger partial charge is 0.377 e. The molecule has 0 radical (unpaired) electrons. The number of sulfonamides is 1. The molecule has 1 saturated heterocycles. The van der Waals surface area contributed by atoms with E-state index in [9.17, 15) is 13.2 Å². The molecule has 1 aliphatic rings. The van der Waals surface area contributed by atoms with Crippen molar-refractivity contribution < 1.29 is 17.9 Å². The summed E-state index contributed by atoms with van der Waals surface area (Å²) in [5.74, 6) is -0.193. The van der Waals surface area contributed by atoms with Crippen LogP contribution in [0.2, 0.25) is 0 Å². The first-order valence-electron chi connectivity index (χ1n) is 12.2. The second-order valence-corrected chi connectivity index (χ2v) is 12.6. The van der Waals surface area contributed by atoms with Gasteiger partial charge in [0.1, 0.15) is 0 Å². The van der Waals surface area contributed by atoms with E-state index < -0.39 is 10.0 Å². The third kappa shape index (κ3) is 6.12. The lowest BCUT2D eigenvalue weighted by Crippen LogP contribution is -2.34. The van der Waals surface area contributed by atoms with Gasteiger partial charge in [0.15, 0.2) is 5.13 Å². The Morgan fingerprint density at radius 1 is 1.11 bits per heavy atom. The molecule has 2 heterocycles. The van der Waals surface area contributed by atoms with Crippen molar-refractivity contribution in [3.05, 3.63) is 53.6 Å². The Labute approximate surface area is 217 Å². The van der Waals surface area contributed by atoms with Crippen molar-refractivity contribution in [1.29, 1.82) is 0 Å². The lowest BCUT2D eigenvalue weighted by molar-refractivity contribution is 0.0978. The molecule has 194 valence electrons. The van der Waals surface area contributed by atoms with Crippen molar-refractivity contribution in [3.63, 3.8) is 0 Å². The molecule has 0 bridgehead atoms. The first-order valence-corrected chi connectivity index (χ1v) is 14.4. The van der Waals surface area contributed by atoms with Gasteiger partial charge in [-0.1, -0.05) is 17.4 Å². The van der Waals surface area contributed by atoms with Crippen LogP contribution in [0.25, 0.3) is 10.2 Å². The van der Waals surface area contributed by atoms with Crippen LogP contribution in [-0.4, -0.2) is 82.0 Å². The van der Waals surface area contributed by atoms with Crippen LogP contribution in [0.4, 0.5) is 5.13 Å². The molecule has 3 aromatic rings. The van der Waals surface area contributed by atoms with E-state index in [0.29, 0.717) is 30.4 Å². The van der Waals surface area contributed by atoms with Gasteiger partial charge in [-0.2, -0.15) is 4.31 Å². The summed E-state index contributed by atoms with van der Waals surface area (Å²) in [6.07, 6.45) is 2.53. The summed E-state index contributed by atoms with van der Waals surface area (Å²) < 4.78 is 34.0. The second kappa shape index (κ2) is 11.4. The zero-order valence-electron chi connectivity index (χ0n) is 21.3. The quantitative estimate of drug-likeness (QED) is 0.394. The van der Waals surface area contributed by atoms with Gasteiger partial charge < -0.3 is 9.64 Å². The Hall–Kier alpha value is -2.37. The first kappa shape index (κ1) is 26.7. The SMILES string of the molecule is Cc1ccc2nc(N(CCCN(C)C)C(=O)c3ccc(S(=O)(=O)N(C)CC4CCCO4)cc3)sc2c1. The summed E-state index contributed by atoms with van der Waals surface area (Å²) in [6, 6.07) is 12.3. The summed E-state index contributed by atoms with van der Waals surface area (Å²) in [5.41, 5.74) is 2.43. The number of amides is 1. The summed E-state index contributed by atoms with van der Waals surface area (Å²) >= 11 is 1.49. The molecular formula is C26H34N4O4S2. The van der Waals surface area contributed by atoms with Crippen LogP contribution in [0.1, 0.15) is 35.2 Å². The van der Waals surface area contributed by atoms with E-state index in [1.807, 2.05) is 33.2 Å². The standard InChI is InChI=1S/C26H34N4O4S2/c1-19-8-13-23-24(17-19)35-26(27-23)30(15-6-14-28(2)3)25(31)20-9-11-22(12-10-20)36(32,33)29(4)18-21-7-5-16-34-21/h8-13,17,21H,5-7,14-16,18H2,1-4H3. The number of likely N-dealkylation sites (N-methyl/N-ethyl adjacent to an activating group) is 1. The third-order valence-corrected chi connectivity index (χ3v) is 9.17. The van der Waals surface area contributed by atoms with Crippen molar-refractivity contribution in [3.8, 4) is 0 Å². The first-order chi connectivity index (χ1) is 17.1. The van der Waals surface area contributed by atoms with Crippen LogP contribution in [0, 0.1) is 6.92 Å². The molecule has 0 aliphatic carbocycles. The summed E-state index contributed by atoms with van der Waals surface area (Å²) in [4.78, 5) is 22.3. The Kier molecular flexibility index (Phi) is 8.41.